The van der Waals surface area contributed by atoms with Gasteiger partial charge in [-0.2, -0.15) is 0 Å². The smallest absolute Gasteiger partial charge is 0.190 e. The standard InChI is InChI=1S/C15H19NO4S2/c17-11(10-22(18,19)15-5-2-8-21-15)9-16-13-3-1-4-14-12(13)6-7-20-14/h2,5-8,11,13,16-17H,1,3-4,9-10H2/t11-,13-/m1/s1. The largest absolute Gasteiger partial charge is 0.469 e. The number of hydrogen-bond acceptors (Lipinski definition) is 6. The lowest BCUT2D eigenvalue weighted by atomic mass is 9.93. The molecule has 0 saturated heterocycles. The highest BCUT2D eigenvalue weighted by Gasteiger charge is 2.25. The maximum Gasteiger partial charge on any atom is 0.190 e. The zero-order valence-electron chi connectivity index (χ0n) is 12.1. The SMILES string of the molecule is O=S(=O)(C[C@H](O)CN[C@@H]1CCCc2occc21)c1cccs1. The van der Waals surface area contributed by atoms with Gasteiger partial charge in [0.2, 0.25) is 0 Å². The molecule has 22 heavy (non-hydrogen) atoms. The van der Waals surface area contributed by atoms with Crippen LogP contribution < -0.4 is 5.32 Å². The molecule has 0 amide bonds. The number of fused-ring (bicyclic) bond motifs is 1. The van der Waals surface area contributed by atoms with Crippen molar-refractivity contribution in [2.45, 2.75) is 35.6 Å². The molecular formula is C15H19NO4S2. The van der Waals surface area contributed by atoms with Crippen LogP contribution >= 0.6 is 11.3 Å². The van der Waals surface area contributed by atoms with Crippen molar-refractivity contribution in [1.82, 2.24) is 5.32 Å². The van der Waals surface area contributed by atoms with Crippen LogP contribution in [-0.4, -0.2) is 31.9 Å². The van der Waals surface area contributed by atoms with Crippen LogP contribution in [-0.2, 0) is 16.3 Å². The first-order chi connectivity index (χ1) is 10.6. The molecule has 0 fully saturated rings. The van der Waals surface area contributed by atoms with Crippen LogP contribution in [0.1, 0.15) is 30.2 Å². The molecule has 0 bridgehead atoms. The van der Waals surface area contributed by atoms with Gasteiger partial charge in [0.25, 0.3) is 0 Å². The molecule has 1 aliphatic carbocycles. The molecule has 0 unspecified atom stereocenters. The Kier molecular flexibility index (Phi) is 4.67. The van der Waals surface area contributed by atoms with Crippen molar-refractivity contribution in [3.05, 3.63) is 41.2 Å². The number of sulfone groups is 1. The van der Waals surface area contributed by atoms with E-state index >= 15 is 0 Å². The topological polar surface area (TPSA) is 79.5 Å². The number of aliphatic hydroxyl groups is 1. The van der Waals surface area contributed by atoms with E-state index < -0.39 is 15.9 Å². The van der Waals surface area contributed by atoms with Gasteiger partial charge < -0.3 is 14.8 Å². The minimum atomic E-state index is -3.41. The van der Waals surface area contributed by atoms with Crippen molar-refractivity contribution in [1.29, 1.82) is 0 Å². The van der Waals surface area contributed by atoms with Crippen LogP contribution in [0, 0.1) is 0 Å². The highest BCUT2D eigenvalue weighted by molar-refractivity contribution is 7.93. The highest BCUT2D eigenvalue weighted by Crippen LogP contribution is 2.30. The zero-order chi connectivity index (χ0) is 15.6. The average molecular weight is 341 g/mol. The molecule has 3 rings (SSSR count). The summed E-state index contributed by atoms with van der Waals surface area (Å²) < 4.78 is 30.0. The van der Waals surface area contributed by atoms with E-state index in [2.05, 4.69) is 5.32 Å². The number of thiophene rings is 1. The van der Waals surface area contributed by atoms with E-state index in [1.807, 2.05) is 6.07 Å². The minimum absolute atomic E-state index is 0.126. The van der Waals surface area contributed by atoms with Gasteiger partial charge in [-0.25, -0.2) is 8.42 Å². The van der Waals surface area contributed by atoms with Crippen LogP contribution in [0.4, 0.5) is 0 Å². The summed E-state index contributed by atoms with van der Waals surface area (Å²) in [5.41, 5.74) is 1.12. The van der Waals surface area contributed by atoms with Gasteiger partial charge in [-0.05, 0) is 30.4 Å². The molecule has 1 aliphatic rings. The third kappa shape index (κ3) is 3.43. The van der Waals surface area contributed by atoms with E-state index in [1.54, 1.807) is 23.8 Å². The minimum Gasteiger partial charge on any atom is -0.469 e. The van der Waals surface area contributed by atoms with Crippen LogP contribution in [0.2, 0.25) is 0 Å². The molecule has 0 aliphatic heterocycles. The highest BCUT2D eigenvalue weighted by atomic mass is 32.2. The Morgan fingerprint density at radius 3 is 3.09 bits per heavy atom. The molecule has 2 atom stereocenters. The normalized spacial score (nSPS) is 19.8. The van der Waals surface area contributed by atoms with E-state index in [4.69, 9.17) is 4.42 Å². The van der Waals surface area contributed by atoms with E-state index in [0.717, 1.165) is 30.6 Å². The van der Waals surface area contributed by atoms with Crippen LogP contribution in [0.25, 0.3) is 0 Å². The first-order valence-corrected chi connectivity index (χ1v) is 9.83. The summed E-state index contributed by atoms with van der Waals surface area (Å²) in [6.07, 6.45) is 3.70. The maximum atomic E-state index is 12.1. The number of furan rings is 1. The molecule has 0 aromatic carbocycles. The number of hydrogen-bond donors (Lipinski definition) is 2. The maximum absolute atomic E-state index is 12.1. The van der Waals surface area contributed by atoms with Crippen LogP contribution in [0.5, 0.6) is 0 Å². The Balaban J connectivity index is 1.57. The second-order valence-electron chi connectivity index (χ2n) is 5.52. The number of nitrogens with one attached hydrogen (secondary N) is 1. The quantitative estimate of drug-likeness (QED) is 0.841. The van der Waals surface area contributed by atoms with E-state index in [0.29, 0.717) is 4.21 Å². The van der Waals surface area contributed by atoms with E-state index in [-0.39, 0.29) is 18.3 Å². The first-order valence-electron chi connectivity index (χ1n) is 7.30. The third-order valence-electron chi connectivity index (χ3n) is 3.87. The molecule has 120 valence electrons. The molecule has 2 aromatic heterocycles. The lowest BCUT2D eigenvalue weighted by Gasteiger charge is -2.24. The molecule has 0 spiro atoms. The van der Waals surface area contributed by atoms with E-state index in [1.165, 1.54) is 11.3 Å². The predicted molar refractivity (Wildman–Crippen MR) is 84.8 cm³/mol. The summed E-state index contributed by atoms with van der Waals surface area (Å²) in [4.78, 5) is 0. The van der Waals surface area contributed by atoms with Crippen molar-refractivity contribution in [2.24, 2.45) is 0 Å². The fourth-order valence-corrected chi connectivity index (χ4v) is 5.29. The summed E-state index contributed by atoms with van der Waals surface area (Å²) in [5.74, 6) is 0.732. The predicted octanol–water partition coefficient (Wildman–Crippen LogP) is 2.14. The number of aryl methyl sites for hydroxylation is 1. The first kappa shape index (κ1) is 15.7. The third-order valence-corrected chi connectivity index (χ3v) is 7.15. The lowest BCUT2D eigenvalue weighted by Crippen LogP contribution is -2.35. The molecule has 5 nitrogen and oxygen atoms in total. The Hall–Kier alpha value is -1.15. The van der Waals surface area contributed by atoms with Gasteiger partial charge in [-0.3, -0.25) is 0 Å². The molecule has 2 aromatic rings. The molecule has 0 saturated carbocycles. The summed E-state index contributed by atoms with van der Waals surface area (Å²) in [5, 5.41) is 15.0. The second kappa shape index (κ2) is 6.54. The zero-order valence-corrected chi connectivity index (χ0v) is 13.7. The van der Waals surface area contributed by atoms with Gasteiger partial charge in [0.15, 0.2) is 9.84 Å². The fraction of sp³-hybridized carbons (Fsp3) is 0.467. The summed E-state index contributed by atoms with van der Waals surface area (Å²) in [7, 11) is -3.41. The van der Waals surface area contributed by atoms with Gasteiger partial charge in [0.05, 0.1) is 18.1 Å². The van der Waals surface area contributed by atoms with Gasteiger partial charge >= 0.3 is 0 Å². The van der Waals surface area contributed by atoms with Gasteiger partial charge in [0, 0.05) is 24.6 Å². The van der Waals surface area contributed by atoms with Crippen molar-refractivity contribution < 1.29 is 17.9 Å². The van der Waals surface area contributed by atoms with Crippen molar-refractivity contribution >= 4 is 21.2 Å². The monoisotopic (exact) mass is 341 g/mol. The summed E-state index contributed by atoms with van der Waals surface area (Å²) in [6.45, 7) is 0.250. The Morgan fingerprint density at radius 2 is 2.32 bits per heavy atom. The Morgan fingerprint density at radius 1 is 1.45 bits per heavy atom. The average Bonchev–Trinajstić information content (AvgIpc) is 3.15. The van der Waals surface area contributed by atoms with Gasteiger partial charge in [-0.1, -0.05) is 6.07 Å². The Bertz CT molecular complexity index is 706. The summed E-state index contributed by atoms with van der Waals surface area (Å²) >= 11 is 1.18. The molecular weight excluding hydrogens is 322 g/mol. The fourth-order valence-electron chi connectivity index (χ4n) is 2.81. The number of rotatable bonds is 6. The molecule has 2 heterocycles. The molecule has 0 radical (unpaired) electrons. The summed E-state index contributed by atoms with van der Waals surface area (Å²) in [6, 6.07) is 5.34. The lowest BCUT2D eigenvalue weighted by molar-refractivity contribution is 0.186. The second-order valence-corrected chi connectivity index (χ2v) is 8.73. The molecule has 7 heteroatoms. The van der Waals surface area contributed by atoms with E-state index in [9.17, 15) is 13.5 Å². The van der Waals surface area contributed by atoms with Crippen LogP contribution in [0.3, 0.4) is 0 Å². The Labute approximate surface area is 133 Å². The van der Waals surface area contributed by atoms with Crippen molar-refractivity contribution in [3.8, 4) is 0 Å². The number of aliphatic hydroxyl groups excluding tert-OH is 1. The van der Waals surface area contributed by atoms with Crippen molar-refractivity contribution in [3.63, 3.8) is 0 Å². The van der Waals surface area contributed by atoms with Crippen molar-refractivity contribution in [2.75, 3.05) is 12.3 Å². The van der Waals surface area contributed by atoms with Gasteiger partial charge in [-0.15, -0.1) is 11.3 Å². The van der Waals surface area contributed by atoms with Gasteiger partial charge in [0.1, 0.15) is 9.97 Å². The van der Waals surface area contributed by atoms with Crippen LogP contribution in [0.15, 0.2) is 38.5 Å². The molecule has 2 N–H and O–H groups in total.